The first-order chi connectivity index (χ1) is 17.4. The van der Waals surface area contributed by atoms with Gasteiger partial charge < -0.3 is 24.8 Å². The number of anilines is 2. The molecule has 9 heteroatoms. The van der Waals surface area contributed by atoms with Gasteiger partial charge in [0.25, 0.3) is 5.91 Å². The first-order valence-corrected chi connectivity index (χ1v) is 12.1. The van der Waals surface area contributed by atoms with E-state index in [1.54, 1.807) is 48.5 Å². The lowest BCUT2D eigenvalue weighted by Crippen LogP contribution is -2.25. The SMILES string of the molecule is CCC(Sc1cccc(NC(=O)c2ccc(OC)c(OC)c2)c1)C(=O)Nc1ccccc1C(=O)OC. The lowest BCUT2D eigenvalue weighted by Gasteiger charge is -2.17. The van der Waals surface area contributed by atoms with Crippen LogP contribution < -0.4 is 20.1 Å². The Bertz CT molecular complexity index is 1250. The normalized spacial score (nSPS) is 11.2. The molecule has 0 aliphatic heterocycles. The van der Waals surface area contributed by atoms with Crippen molar-refractivity contribution in [3.8, 4) is 11.5 Å². The second-order valence-electron chi connectivity index (χ2n) is 7.59. The molecule has 0 saturated heterocycles. The Morgan fingerprint density at radius 1 is 0.861 bits per heavy atom. The van der Waals surface area contributed by atoms with Gasteiger partial charge in [-0.25, -0.2) is 4.79 Å². The fourth-order valence-corrected chi connectivity index (χ4v) is 4.42. The number of methoxy groups -OCH3 is 3. The zero-order valence-corrected chi connectivity index (χ0v) is 21.3. The smallest absolute Gasteiger partial charge is 0.339 e. The third-order valence-electron chi connectivity index (χ3n) is 5.27. The summed E-state index contributed by atoms with van der Waals surface area (Å²) in [6, 6.07) is 18.9. The number of ether oxygens (including phenoxy) is 3. The highest BCUT2D eigenvalue weighted by Gasteiger charge is 2.21. The number of thioether (sulfide) groups is 1. The summed E-state index contributed by atoms with van der Waals surface area (Å²) < 4.78 is 15.3. The summed E-state index contributed by atoms with van der Waals surface area (Å²) in [5.41, 5.74) is 1.68. The van der Waals surface area contributed by atoms with Gasteiger partial charge in [0.1, 0.15) is 0 Å². The molecule has 36 heavy (non-hydrogen) atoms. The summed E-state index contributed by atoms with van der Waals surface area (Å²) in [5, 5.41) is 5.28. The van der Waals surface area contributed by atoms with Gasteiger partial charge in [0.2, 0.25) is 5.91 Å². The Kier molecular flexibility index (Phi) is 9.35. The lowest BCUT2D eigenvalue weighted by atomic mass is 10.1. The monoisotopic (exact) mass is 508 g/mol. The number of para-hydroxylation sites is 1. The summed E-state index contributed by atoms with van der Waals surface area (Å²) >= 11 is 1.37. The van der Waals surface area contributed by atoms with Gasteiger partial charge in [-0.3, -0.25) is 9.59 Å². The van der Waals surface area contributed by atoms with Gasteiger partial charge in [-0.05, 0) is 55.0 Å². The van der Waals surface area contributed by atoms with E-state index in [4.69, 9.17) is 14.2 Å². The summed E-state index contributed by atoms with van der Waals surface area (Å²) in [4.78, 5) is 38.6. The van der Waals surface area contributed by atoms with Crippen LogP contribution in [0, 0.1) is 0 Å². The molecule has 0 fully saturated rings. The Morgan fingerprint density at radius 2 is 1.61 bits per heavy atom. The van der Waals surface area contributed by atoms with Gasteiger partial charge in [0.15, 0.2) is 11.5 Å². The van der Waals surface area contributed by atoms with Crippen molar-refractivity contribution in [3.05, 3.63) is 77.9 Å². The Hall–Kier alpha value is -3.98. The molecule has 0 aliphatic rings. The predicted molar refractivity (Wildman–Crippen MR) is 140 cm³/mol. The minimum Gasteiger partial charge on any atom is -0.493 e. The fourth-order valence-electron chi connectivity index (χ4n) is 3.41. The van der Waals surface area contributed by atoms with Crippen LogP contribution in [0.15, 0.2) is 71.6 Å². The van der Waals surface area contributed by atoms with E-state index < -0.39 is 11.2 Å². The van der Waals surface area contributed by atoms with Crippen molar-refractivity contribution in [2.75, 3.05) is 32.0 Å². The molecule has 8 nitrogen and oxygen atoms in total. The molecule has 3 aromatic rings. The maximum Gasteiger partial charge on any atom is 0.339 e. The van der Waals surface area contributed by atoms with Crippen LogP contribution in [0.4, 0.5) is 11.4 Å². The minimum atomic E-state index is -0.524. The number of carbonyl (C=O) groups is 3. The van der Waals surface area contributed by atoms with Gasteiger partial charge in [0, 0.05) is 16.1 Å². The van der Waals surface area contributed by atoms with E-state index in [1.165, 1.54) is 33.1 Å². The second-order valence-corrected chi connectivity index (χ2v) is 8.87. The van der Waals surface area contributed by atoms with Gasteiger partial charge in [-0.2, -0.15) is 0 Å². The van der Waals surface area contributed by atoms with E-state index >= 15 is 0 Å². The minimum absolute atomic E-state index is 0.237. The topological polar surface area (TPSA) is 103 Å². The summed E-state index contributed by atoms with van der Waals surface area (Å²) in [6.45, 7) is 1.91. The number of carbonyl (C=O) groups excluding carboxylic acids is 3. The molecule has 188 valence electrons. The zero-order chi connectivity index (χ0) is 26.1. The van der Waals surface area contributed by atoms with Crippen LogP contribution in [0.25, 0.3) is 0 Å². The number of esters is 1. The van der Waals surface area contributed by atoms with Crippen molar-refractivity contribution in [2.45, 2.75) is 23.5 Å². The molecule has 0 aliphatic carbocycles. The molecule has 1 atom stereocenters. The molecule has 0 bridgehead atoms. The Morgan fingerprint density at radius 3 is 2.31 bits per heavy atom. The molecule has 3 rings (SSSR count). The highest BCUT2D eigenvalue weighted by molar-refractivity contribution is 8.00. The van der Waals surface area contributed by atoms with E-state index in [0.29, 0.717) is 34.9 Å². The third-order valence-corrected chi connectivity index (χ3v) is 6.63. The Labute approximate surface area is 214 Å². The van der Waals surface area contributed by atoms with E-state index in [0.717, 1.165) is 4.90 Å². The maximum absolute atomic E-state index is 13.0. The van der Waals surface area contributed by atoms with E-state index in [1.807, 2.05) is 25.1 Å². The number of rotatable bonds is 10. The highest BCUT2D eigenvalue weighted by Crippen LogP contribution is 2.30. The summed E-state index contributed by atoms with van der Waals surface area (Å²) in [7, 11) is 4.33. The number of nitrogens with one attached hydrogen (secondary N) is 2. The van der Waals surface area contributed by atoms with Gasteiger partial charge in [-0.15, -0.1) is 11.8 Å². The maximum atomic E-state index is 13.0. The molecule has 0 saturated carbocycles. The molecular formula is C27H28N2O6S. The molecule has 0 aromatic heterocycles. The molecule has 3 aromatic carbocycles. The van der Waals surface area contributed by atoms with Crippen molar-refractivity contribution in [2.24, 2.45) is 0 Å². The van der Waals surface area contributed by atoms with Crippen LogP contribution in [0.1, 0.15) is 34.1 Å². The van der Waals surface area contributed by atoms with Crippen molar-refractivity contribution < 1.29 is 28.6 Å². The molecule has 2 amide bonds. The van der Waals surface area contributed by atoms with Crippen LogP contribution in [0.3, 0.4) is 0 Å². The molecular weight excluding hydrogens is 480 g/mol. The second kappa shape index (κ2) is 12.6. The molecule has 2 N–H and O–H groups in total. The van der Waals surface area contributed by atoms with Crippen molar-refractivity contribution in [3.63, 3.8) is 0 Å². The molecule has 0 radical (unpaired) electrons. The standard InChI is InChI=1S/C27H28N2O6S/c1-5-24(26(31)29-21-12-7-6-11-20(21)27(32)35-4)36-19-10-8-9-18(16-19)28-25(30)17-13-14-22(33-2)23(15-17)34-3/h6-16,24H,5H2,1-4H3,(H,28,30)(H,29,31). The third kappa shape index (κ3) is 6.57. The number of amides is 2. The highest BCUT2D eigenvalue weighted by atomic mass is 32.2. The van der Waals surface area contributed by atoms with Gasteiger partial charge >= 0.3 is 5.97 Å². The quantitative estimate of drug-likeness (QED) is 0.285. The van der Waals surface area contributed by atoms with E-state index in [-0.39, 0.29) is 17.4 Å². The summed E-state index contributed by atoms with van der Waals surface area (Å²) in [6.07, 6.45) is 0.555. The van der Waals surface area contributed by atoms with E-state index in [2.05, 4.69) is 10.6 Å². The average molecular weight is 509 g/mol. The largest absolute Gasteiger partial charge is 0.493 e. The van der Waals surface area contributed by atoms with Gasteiger partial charge in [-0.1, -0.05) is 25.1 Å². The zero-order valence-electron chi connectivity index (χ0n) is 20.5. The van der Waals surface area contributed by atoms with Crippen LogP contribution in [-0.2, 0) is 9.53 Å². The van der Waals surface area contributed by atoms with Crippen molar-refractivity contribution >= 4 is 40.9 Å². The number of hydrogen-bond acceptors (Lipinski definition) is 7. The first kappa shape index (κ1) is 26.6. The van der Waals surface area contributed by atoms with Crippen LogP contribution in [0.5, 0.6) is 11.5 Å². The number of benzene rings is 3. The first-order valence-electron chi connectivity index (χ1n) is 11.2. The molecule has 0 heterocycles. The predicted octanol–water partition coefficient (Wildman–Crippen LogP) is 5.25. The van der Waals surface area contributed by atoms with Crippen LogP contribution in [0.2, 0.25) is 0 Å². The molecule has 0 spiro atoms. The van der Waals surface area contributed by atoms with Gasteiger partial charge in [0.05, 0.1) is 37.8 Å². The summed E-state index contributed by atoms with van der Waals surface area (Å²) in [5.74, 6) is -0.0731. The lowest BCUT2D eigenvalue weighted by molar-refractivity contribution is -0.115. The average Bonchev–Trinajstić information content (AvgIpc) is 2.91. The number of hydrogen-bond donors (Lipinski definition) is 2. The fraction of sp³-hybridized carbons (Fsp3) is 0.222. The van der Waals surface area contributed by atoms with Crippen LogP contribution in [-0.4, -0.2) is 44.4 Å². The molecule has 1 unspecified atom stereocenters. The Balaban J connectivity index is 1.71. The van der Waals surface area contributed by atoms with Crippen molar-refractivity contribution in [1.82, 2.24) is 0 Å². The van der Waals surface area contributed by atoms with Crippen molar-refractivity contribution in [1.29, 1.82) is 0 Å². The van der Waals surface area contributed by atoms with Crippen LogP contribution >= 0.6 is 11.8 Å². The van der Waals surface area contributed by atoms with E-state index in [9.17, 15) is 14.4 Å².